The number of para-hydroxylation sites is 1. The molecule has 98 valence electrons. The van der Waals surface area contributed by atoms with Crippen molar-refractivity contribution < 1.29 is 9.59 Å². The van der Waals surface area contributed by atoms with Gasteiger partial charge in [-0.1, -0.05) is 18.2 Å². The number of rotatable bonds is 5. The van der Waals surface area contributed by atoms with Crippen LogP contribution in [0.25, 0.3) is 0 Å². The molecule has 1 aromatic rings. The van der Waals surface area contributed by atoms with Gasteiger partial charge in [0.2, 0.25) is 11.8 Å². The minimum absolute atomic E-state index is 0.0677. The van der Waals surface area contributed by atoms with E-state index in [0.29, 0.717) is 18.5 Å². The van der Waals surface area contributed by atoms with Gasteiger partial charge in [-0.2, -0.15) is 0 Å². The van der Waals surface area contributed by atoms with Crippen LogP contribution >= 0.6 is 0 Å². The first-order valence-electron chi connectivity index (χ1n) is 5.82. The van der Waals surface area contributed by atoms with Crippen molar-refractivity contribution in [3.8, 4) is 0 Å². The maximum Gasteiger partial charge on any atom is 0.239 e. The Morgan fingerprint density at radius 3 is 2.61 bits per heavy atom. The van der Waals surface area contributed by atoms with E-state index in [4.69, 9.17) is 5.73 Å². The Balaban J connectivity index is 2.46. The number of carbonyl (C=O) groups is 2. The number of nitrogens with one attached hydrogen (secondary N) is 1. The normalized spacial score (nSPS) is 9.89. The Morgan fingerprint density at radius 2 is 2.00 bits per heavy atom. The van der Waals surface area contributed by atoms with Gasteiger partial charge in [-0.05, 0) is 18.1 Å². The first-order chi connectivity index (χ1) is 8.54. The molecule has 0 saturated carbocycles. The van der Waals surface area contributed by atoms with E-state index in [1.165, 1.54) is 4.90 Å². The molecule has 1 aromatic carbocycles. The van der Waals surface area contributed by atoms with E-state index >= 15 is 0 Å². The monoisotopic (exact) mass is 249 g/mol. The molecule has 2 amide bonds. The van der Waals surface area contributed by atoms with Crippen molar-refractivity contribution in [2.45, 2.75) is 12.8 Å². The van der Waals surface area contributed by atoms with Crippen LogP contribution in [-0.2, 0) is 16.0 Å². The number of carbonyl (C=O) groups excluding carboxylic acids is 2. The van der Waals surface area contributed by atoms with Gasteiger partial charge in [0, 0.05) is 26.2 Å². The molecule has 5 heteroatoms. The molecule has 0 spiro atoms. The number of nitrogen functional groups attached to an aromatic ring is 1. The quantitative estimate of drug-likeness (QED) is 0.742. The highest BCUT2D eigenvalue weighted by atomic mass is 16.2. The molecule has 0 aliphatic heterocycles. The fourth-order valence-electron chi connectivity index (χ4n) is 1.58. The van der Waals surface area contributed by atoms with Crippen molar-refractivity contribution in [3.05, 3.63) is 29.8 Å². The summed E-state index contributed by atoms with van der Waals surface area (Å²) in [6, 6.07) is 7.47. The zero-order valence-corrected chi connectivity index (χ0v) is 10.8. The second-order valence-electron chi connectivity index (χ2n) is 4.12. The number of nitrogens with two attached hydrogens (primary N) is 1. The van der Waals surface area contributed by atoms with Crippen LogP contribution in [0.5, 0.6) is 0 Å². The molecular formula is C13H19N3O2. The topological polar surface area (TPSA) is 75.4 Å². The predicted octanol–water partition coefficient (Wildman–Crippen LogP) is 0.406. The van der Waals surface area contributed by atoms with E-state index in [-0.39, 0.29) is 18.4 Å². The molecule has 0 atom stereocenters. The van der Waals surface area contributed by atoms with Crippen LogP contribution in [0.4, 0.5) is 5.69 Å². The van der Waals surface area contributed by atoms with Crippen LogP contribution < -0.4 is 11.1 Å². The lowest BCUT2D eigenvalue weighted by atomic mass is 10.1. The van der Waals surface area contributed by atoms with Crippen molar-refractivity contribution >= 4 is 17.5 Å². The minimum Gasteiger partial charge on any atom is -0.399 e. The van der Waals surface area contributed by atoms with Crippen LogP contribution in [0.15, 0.2) is 24.3 Å². The Morgan fingerprint density at radius 1 is 1.33 bits per heavy atom. The van der Waals surface area contributed by atoms with Crippen molar-refractivity contribution in [3.63, 3.8) is 0 Å². The van der Waals surface area contributed by atoms with E-state index in [1.54, 1.807) is 14.1 Å². The van der Waals surface area contributed by atoms with Crippen LogP contribution in [0.3, 0.4) is 0 Å². The third-order valence-electron chi connectivity index (χ3n) is 2.75. The van der Waals surface area contributed by atoms with Crippen LogP contribution in [0.2, 0.25) is 0 Å². The summed E-state index contributed by atoms with van der Waals surface area (Å²) in [5.41, 5.74) is 7.45. The summed E-state index contributed by atoms with van der Waals surface area (Å²) in [6.07, 6.45) is 0.936. The van der Waals surface area contributed by atoms with Gasteiger partial charge in [-0.3, -0.25) is 9.59 Å². The average molecular weight is 249 g/mol. The van der Waals surface area contributed by atoms with Gasteiger partial charge < -0.3 is 16.0 Å². The zero-order chi connectivity index (χ0) is 13.5. The fraction of sp³-hybridized carbons (Fsp3) is 0.385. The second kappa shape index (κ2) is 6.64. The largest absolute Gasteiger partial charge is 0.399 e. The molecule has 1 rings (SSSR count). The number of benzene rings is 1. The second-order valence-corrected chi connectivity index (χ2v) is 4.12. The van der Waals surface area contributed by atoms with Gasteiger partial charge in [0.1, 0.15) is 0 Å². The lowest BCUT2D eigenvalue weighted by Crippen LogP contribution is -2.36. The van der Waals surface area contributed by atoms with Gasteiger partial charge in [0.15, 0.2) is 0 Å². The molecule has 0 radical (unpaired) electrons. The number of anilines is 1. The molecule has 18 heavy (non-hydrogen) atoms. The lowest BCUT2D eigenvalue weighted by molar-refractivity contribution is -0.134. The summed E-state index contributed by atoms with van der Waals surface area (Å²) in [5.74, 6) is -0.244. The Bertz CT molecular complexity index is 432. The highest BCUT2D eigenvalue weighted by Crippen LogP contribution is 2.13. The summed E-state index contributed by atoms with van der Waals surface area (Å²) in [7, 11) is 3.16. The molecule has 0 unspecified atom stereocenters. The molecule has 0 aromatic heterocycles. The van der Waals surface area contributed by atoms with E-state index in [1.807, 2.05) is 24.3 Å². The summed E-state index contributed by atoms with van der Waals surface area (Å²) in [4.78, 5) is 24.3. The Kier molecular flexibility index (Phi) is 5.17. The van der Waals surface area contributed by atoms with E-state index in [0.717, 1.165) is 5.56 Å². The zero-order valence-electron chi connectivity index (χ0n) is 10.8. The predicted molar refractivity (Wildman–Crippen MR) is 70.9 cm³/mol. The average Bonchev–Trinajstić information content (AvgIpc) is 2.37. The number of hydrogen-bond donors (Lipinski definition) is 2. The Labute approximate surface area is 107 Å². The number of hydrogen-bond acceptors (Lipinski definition) is 3. The van der Waals surface area contributed by atoms with Gasteiger partial charge >= 0.3 is 0 Å². The van der Waals surface area contributed by atoms with E-state index < -0.39 is 0 Å². The SMILES string of the molecule is CNC(=O)CN(C)C(=O)CCc1ccccc1N. The van der Waals surface area contributed by atoms with Crippen molar-refractivity contribution in [1.29, 1.82) is 0 Å². The molecule has 0 fully saturated rings. The van der Waals surface area contributed by atoms with E-state index in [9.17, 15) is 9.59 Å². The van der Waals surface area contributed by atoms with E-state index in [2.05, 4.69) is 5.32 Å². The van der Waals surface area contributed by atoms with Crippen LogP contribution in [-0.4, -0.2) is 37.4 Å². The highest BCUT2D eigenvalue weighted by molar-refractivity contribution is 5.84. The molecule has 3 N–H and O–H groups in total. The number of likely N-dealkylation sites (N-methyl/N-ethyl adjacent to an activating group) is 2. The fourth-order valence-corrected chi connectivity index (χ4v) is 1.58. The summed E-state index contributed by atoms with van der Waals surface area (Å²) in [5, 5.41) is 2.48. The summed E-state index contributed by atoms with van der Waals surface area (Å²) >= 11 is 0. The molecule has 0 heterocycles. The first kappa shape index (κ1) is 14.0. The Hall–Kier alpha value is -2.04. The molecule has 0 aliphatic carbocycles. The van der Waals surface area contributed by atoms with Gasteiger partial charge in [0.25, 0.3) is 0 Å². The maximum atomic E-state index is 11.8. The summed E-state index contributed by atoms with van der Waals surface area (Å²) in [6.45, 7) is 0.0829. The minimum atomic E-state index is -0.176. The van der Waals surface area contributed by atoms with Crippen molar-refractivity contribution in [2.75, 3.05) is 26.4 Å². The van der Waals surface area contributed by atoms with Crippen molar-refractivity contribution in [2.24, 2.45) is 0 Å². The third kappa shape index (κ3) is 4.08. The molecule has 0 bridgehead atoms. The van der Waals surface area contributed by atoms with Crippen molar-refractivity contribution in [1.82, 2.24) is 10.2 Å². The molecule has 0 saturated heterocycles. The number of nitrogens with zero attached hydrogens (tertiary/aromatic N) is 1. The summed E-state index contributed by atoms with van der Waals surface area (Å²) < 4.78 is 0. The van der Waals surface area contributed by atoms with Crippen LogP contribution in [0.1, 0.15) is 12.0 Å². The van der Waals surface area contributed by atoms with Gasteiger partial charge in [0.05, 0.1) is 6.54 Å². The molecule has 5 nitrogen and oxygen atoms in total. The van der Waals surface area contributed by atoms with Crippen LogP contribution in [0, 0.1) is 0 Å². The third-order valence-corrected chi connectivity index (χ3v) is 2.75. The lowest BCUT2D eigenvalue weighted by Gasteiger charge is -2.16. The number of aryl methyl sites for hydroxylation is 1. The molecular weight excluding hydrogens is 230 g/mol. The maximum absolute atomic E-state index is 11.8. The number of amides is 2. The van der Waals surface area contributed by atoms with Gasteiger partial charge in [-0.15, -0.1) is 0 Å². The van der Waals surface area contributed by atoms with Gasteiger partial charge in [-0.25, -0.2) is 0 Å². The first-order valence-corrected chi connectivity index (χ1v) is 5.82. The highest BCUT2D eigenvalue weighted by Gasteiger charge is 2.12. The standard InChI is InChI=1S/C13H19N3O2/c1-15-12(17)9-16(2)13(18)8-7-10-5-3-4-6-11(10)14/h3-6H,7-9,14H2,1-2H3,(H,15,17). The molecule has 0 aliphatic rings. The smallest absolute Gasteiger partial charge is 0.239 e.